The predicted molar refractivity (Wildman–Crippen MR) is 78.4 cm³/mol. The van der Waals surface area contributed by atoms with Gasteiger partial charge in [-0.15, -0.1) is 0 Å². The average molecular weight is 287 g/mol. The van der Waals surface area contributed by atoms with Gasteiger partial charge >= 0.3 is 5.97 Å². The summed E-state index contributed by atoms with van der Waals surface area (Å²) < 4.78 is 0. The highest BCUT2D eigenvalue weighted by molar-refractivity contribution is 5.86. The lowest BCUT2D eigenvalue weighted by molar-refractivity contribution is -0.149. The van der Waals surface area contributed by atoms with Crippen LogP contribution in [-0.2, 0) is 9.59 Å². The highest BCUT2D eigenvalue weighted by Gasteiger charge is 2.54. The maximum atomic E-state index is 12.6. The zero-order chi connectivity index (χ0) is 15.0. The van der Waals surface area contributed by atoms with Crippen LogP contribution in [0.25, 0.3) is 0 Å². The maximum Gasteiger partial charge on any atom is 0.307 e. The molecule has 2 saturated carbocycles. The largest absolute Gasteiger partial charge is 0.481 e. The second-order valence-electron chi connectivity index (χ2n) is 6.36. The topological polar surface area (TPSA) is 66.4 Å². The van der Waals surface area contributed by atoms with E-state index in [1.54, 1.807) is 0 Å². The second-order valence-corrected chi connectivity index (χ2v) is 6.36. The Balaban J connectivity index is 1.72. The van der Waals surface area contributed by atoms with Gasteiger partial charge in [-0.05, 0) is 43.6 Å². The summed E-state index contributed by atoms with van der Waals surface area (Å²) in [4.78, 5) is 24.0. The molecule has 0 aliphatic heterocycles. The number of carbonyl (C=O) groups is 2. The highest BCUT2D eigenvalue weighted by atomic mass is 16.4. The molecular formula is C17H21NO3. The van der Waals surface area contributed by atoms with Crippen LogP contribution in [0.15, 0.2) is 30.3 Å². The number of amides is 1. The third kappa shape index (κ3) is 2.55. The number of carbonyl (C=O) groups excluding carboxylic acids is 1. The fourth-order valence-corrected chi connectivity index (χ4v) is 4.16. The SMILES string of the molecule is CC(NC(=O)C1C2CCC(C2)C1C(=O)O)c1ccccc1. The molecule has 2 aliphatic rings. The molecule has 4 nitrogen and oxygen atoms in total. The van der Waals surface area contributed by atoms with Crippen molar-refractivity contribution < 1.29 is 14.7 Å². The third-order valence-electron chi connectivity index (χ3n) is 5.16. The zero-order valence-corrected chi connectivity index (χ0v) is 12.2. The lowest BCUT2D eigenvalue weighted by Crippen LogP contribution is -2.42. The Labute approximate surface area is 124 Å². The van der Waals surface area contributed by atoms with E-state index in [1.165, 1.54) is 0 Å². The van der Waals surface area contributed by atoms with Gasteiger partial charge < -0.3 is 10.4 Å². The second kappa shape index (κ2) is 5.51. The van der Waals surface area contributed by atoms with E-state index >= 15 is 0 Å². The molecule has 21 heavy (non-hydrogen) atoms. The summed E-state index contributed by atoms with van der Waals surface area (Å²) in [7, 11) is 0. The summed E-state index contributed by atoms with van der Waals surface area (Å²) in [6.07, 6.45) is 2.85. The Morgan fingerprint density at radius 2 is 1.76 bits per heavy atom. The molecule has 0 saturated heterocycles. The first kappa shape index (κ1) is 14.1. The molecule has 1 aromatic carbocycles. The van der Waals surface area contributed by atoms with Gasteiger partial charge in [-0.25, -0.2) is 0 Å². The van der Waals surface area contributed by atoms with Crippen LogP contribution in [0, 0.1) is 23.7 Å². The van der Waals surface area contributed by atoms with Crippen LogP contribution in [0.5, 0.6) is 0 Å². The standard InChI is InChI=1S/C17H21NO3/c1-10(11-5-3-2-4-6-11)18-16(19)14-12-7-8-13(9-12)15(14)17(20)21/h2-6,10,12-15H,7-9H2,1H3,(H,18,19)(H,20,21). The first-order valence-electron chi connectivity index (χ1n) is 7.66. The van der Waals surface area contributed by atoms with Crippen molar-refractivity contribution in [3.8, 4) is 0 Å². The molecule has 5 atom stereocenters. The summed E-state index contributed by atoms with van der Waals surface area (Å²) >= 11 is 0. The molecule has 2 bridgehead atoms. The van der Waals surface area contributed by atoms with Crippen LogP contribution in [0.3, 0.4) is 0 Å². The molecule has 4 heteroatoms. The molecule has 2 aliphatic carbocycles. The summed E-state index contributed by atoms with van der Waals surface area (Å²) in [6.45, 7) is 1.94. The van der Waals surface area contributed by atoms with Gasteiger partial charge in [0.15, 0.2) is 0 Å². The van der Waals surface area contributed by atoms with Gasteiger partial charge in [0, 0.05) is 0 Å². The van der Waals surface area contributed by atoms with Gasteiger partial charge in [-0.1, -0.05) is 30.3 Å². The minimum Gasteiger partial charge on any atom is -0.481 e. The number of fused-ring (bicyclic) bond motifs is 2. The van der Waals surface area contributed by atoms with Crippen molar-refractivity contribution in [3.63, 3.8) is 0 Å². The Morgan fingerprint density at radius 1 is 1.14 bits per heavy atom. The van der Waals surface area contributed by atoms with Crippen LogP contribution in [-0.4, -0.2) is 17.0 Å². The first-order chi connectivity index (χ1) is 10.1. The molecule has 1 aromatic rings. The highest BCUT2D eigenvalue weighted by Crippen LogP contribution is 2.52. The minimum absolute atomic E-state index is 0.0905. The van der Waals surface area contributed by atoms with E-state index in [1.807, 2.05) is 37.3 Å². The van der Waals surface area contributed by atoms with Crippen LogP contribution in [0.4, 0.5) is 0 Å². The molecule has 5 unspecified atom stereocenters. The molecule has 112 valence electrons. The van der Waals surface area contributed by atoms with Crippen molar-refractivity contribution in [2.75, 3.05) is 0 Å². The summed E-state index contributed by atoms with van der Waals surface area (Å²) in [5.74, 6) is -1.31. The van der Waals surface area contributed by atoms with E-state index in [-0.39, 0.29) is 29.7 Å². The Morgan fingerprint density at radius 3 is 2.38 bits per heavy atom. The minimum atomic E-state index is -0.810. The van der Waals surface area contributed by atoms with Crippen LogP contribution in [0.2, 0.25) is 0 Å². The van der Waals surface area contributed by atoms with Gasteiger partial charge in [0.1, 0.15) is 0 Å². The summed E-state index contributed by atoms with van der Waals surface area (Å²) in [5, 5.41) is 12.4. The Bertz CT molecular complexity index is 542. The monoisotopic (exact) mass is 287 g/mol. The van der Waals surface area contributed by atoms with E-state index in [0.717, 1.165) is 24.8 Å². The number of benzene rings is 1. The van der Waals surface area contributed by atoms with Gasteiger partial charge in [0.25, 0.3) is 0 Å². The van der Waals surface area contributed by atoms with Crippen molar-refractivity contribution in [2.45, 2.75) is 32.2 Å². The molecule has 2 fully saturated rings. The van der Waals surface area contributed by atoms with Crippen LogP contribution < -0.4 is 5.32 Å². The smallest absolute Gasteiger partial charge is 0.307 e. The predicted octanol–water partition coefficient (Wildman–Crippen LogP) is 2.61. The number of nitrogens with one attached hydrogen (secondary N) is 1. The fourth-order valence-electron chi connectivity index (χ4n) is 4.16. The lowest BCUT2D eigenvalue weighted by atomic mass is 9.78. The number of aliphatic carboxylic acids is 1. The Hall–Kier alpha value is -1.84. The molecule has 0 radical (unpaired) electrons. The molecule has 1 amide bonds. The average Bonchev–Trinajstić information content (AvgIpc) is 3.08. The van der Waals surface area contributed by atoms with Crippen LogP contribution in [0.1, 0.15) is 37.8 Å². The van der Waals surface area contributed by atoms with E-state index < -0.39 is 11.9 Å². The molecular weight excluding hydrogens is 266 g/mol. The van der Waals surface area contributed by atoms with Crippen molar-refractivity contribution in [1.82, 2.24) is 5.32 Å². The summed E-state index contributed by atoms with van der Waals surface area (Å²) in [5.41, 5.74) is 1.04. The van der Waals surface area contributed by atoms with E-state index in [0.29, 0.717) is 0 Å². The van der Waals surface area contributed by atoms with Gasteiger partial charge in [0.2, 0.25) is 5.91 Å². The third-order valence-corrected chi connectivity index (χ3v) is 5.16. The van der Waals surface area contributed by atoms with Gasteiger partial charge in [0.05, 0.1) is 17.9 Å². The van der Waals surface area contributed by atoms with Crippen LogP contribution >= 0.6 is 0 Å². The van der Waals surface area contributed by atoms with E-state index in [2.05, 4.69) is 5.32 Å². The number of rotatable bonds is 4. The summed E-state index contributed by atoms with van der Waals surface area (Å²) in [6, 6.07) is 9.67. The Kier molecular flexibility index (Phi) is 3.70. The van der Waals surface area contributed by atoms with Gasteiger partial charge in [-0.2, -0.15) is 0 Å². The van der Waals surface area contributed by atoms with Gasteiger partial charge in [-0.3, -0.25) is 9.59 Å². The zero-order valence-electron chi connectivity index (χ0n) is 12.2. The van der Waals surface area contributed by atoms with Crippen molar-refractivity contribution in [2.24, 2.45) is 23.7 Å². The number of hydrogen-bond acceptors (Lipinski definition) is 2. The van der Waals surface area contributed by atoms with E-state index in [9.17, 15) is 14.7 Å². The first-order valence-corrected chi connectivity index (χ1v) is 7.66. The normalized spacial score (nSPS) is 31.9. The number of carboxylic acid groups (broad SMARTS) is 1. The quantitative estimate of drug-likeness (QED) is 0.894. The molecule has 0 heterocycles. The molecule has 3 rings (SSSR count). The lowest BCUT2D eigenvalue weighted by Gasteiger charge is -2.28. The van der Waals surface area contributed by atoms with Crippen molar-refractivity contribution in [3.05, 3.63) is 35.9 Å². The molecule has 0 aromatic heterocycles. The van der Waals surface area contributed by atoms with Crippen molar-refractivity contribution in [1.29, 1.82) is 0 Å². The van der Waals surface area contributed by atoms with E-state index in [4.69, 9.17) is 0 Å². The van der Waals surface area contributed by atoms with Crippen molar-refractivity contribution >= 4 is 11.9 Å². The molecule has 2 N–H and O–H groups in total. The number of hydrogen-bond donors (Lipinski definition) is 2. The maximum absolute atomic E-state index is 12.6. The number of carboxylic acids is 1. The molecule has 0 spiro atoms. The fraction of sp³-hybridized carbons (Fsp3) is 0.529.